The van der Waals surface area contributed by atoms with Crippen molar-refractivity contribution in [3.05, 3.63) is 35.9 Å². The van der Waals surface area contributed by atoms with Gasteiger partial charge in [-0.2, -0.15) is 0 Å². The van der Waals surface area contributed by atoms with E-state index in [2.05, 4.69) is 66.7 Å². The largest absolute Gasteiger partial charge is 0.357 e. The minimum atomic E-state index is 0.572. The summed E-state index contributed by atoms with van der Waals surface area (Å²) in [6.45, 7) is 9.24. The van der Waals surface area contributed by atoms with Gasteiger partial charge in [-0.15, -0.1) is 0 Å². The molecule has 19 heavy (non-hydrogen) atoms. The first-order chi connectivity index (χ1) is 9.27. The number of nitrogens with zero attached hydrogens (tertiary/aromatic N) is 1. The molecule has 1 aromatic carbocycles. The summed E-state index contributed by atoms with van der Waals surface area (Å²) in [4.78, 5) is 4.50. The fraction of sp³-hybridized carbons (Fsp3) is 0.562. The Hall–Kier alpha value is -1.51. The van der Waals surface area contributed by atoms with Crippen LogP contribution in [0.15, 0.2) is 35.3 Å². The molecule has 1 atom stereocenters. The summed E-state index contributed by atoms with van der Waals surface area (Å²) < 4.78 is 0. The van der Waals surface area contributed by atoms with Crippen molar-refractivity contribution in [2.24, 2.45) is 4.99 Å². The van der Waals surface area contributed by atoms with Crippen molar-refractivity contribution in [3.63, 3.8) is 0 Å². The van der Waals surface area contributed by atoms with E-state index in [1.54, 1.807) is 0 Å². The molecule has 0 spiro atoms. The Balaban J connectivity index is 2.35. The molecule has 0 bridgehead atoms. The molecule has 0 aromatic heterocycles. The van der Waals surface area contributed by atoms with Gasteiger partial charge in [0.05, 0.1) is 0 Å². The van der Waals surface area contributed by atoms with Crippen molar-refractivity contribution < 1.29 is 0 Å². The van der Waals surface area contributed by atoms with Crippen LogP contribution < -0.4 is 10.6 Å². The van der Waals surface area contributed by atoms with Gasteiger partial charge in [-0.05, 0) is 31.2 Å². The Morgan fingerprint density at radius 3 is 2.53 bits per heavy atom. The van der Waals surface area contributed by atoms with Gasteiger partial charge in [0.25, 0.3) is 0 Å². The van der Waals surface area contributed by atoms with E-state index < -0.39 is 0 Å². The van der Waals surface area contributed by atoms with E-state index in [4.69, 9.17) is 0 Å². The molecule has 0 aliphatic heterocycles. The Morgan fingerprint density at radius 2 is 1.89 bits per heavy atom. The zero-order valence-electron chi connectivity index (χ0n) is 12.4. The number of aliphatic imine (C=N–C) groups is 1. The van der Waals surface area contributed by atoms with E-state index in [0.717, 1.165) is 38.4 Å². The second-order valence-corrected chi connectivity index (χ2v) is 4.79. The Morgan fingerprint density at radius 1 is 1.16 bits per heavy atom. The van der Waals surface area contributed by atoms with Crippen molar-refractivity contribution in [3.8, 4) is 0 Å². The number of hydrogen-bond acceptors (Lipinski definition) is 1. The third kappa shape index (κ3) is 6.27. The third-order valence-corrected chi connectivity index (χ3v) is 3.08. The van der Waals surface area contributed by atoms with Crippen molar-refractivity contribution in [1.29, 1.82) is 0 Å². The monoisotopic (exact) mass is 261 g/mol. The lowest BCUT2D eigenvalue weighted by molar-refractivity contribution is 0.652. The van der Waals surface area contributed by atoms with Gasteiger partial charge < -0.3 is 10.6 Å². The highest BCUT2D eigenvalue weighted by Gasteiger charge is 2.04. The first kappa shape index (κ1) is 15.5. The Bertz CT molecular complexity index is 360. The molecule has 1 aromatic rings. The zero-order valence-corrected chi connectivity index (χ0v) is 12.4. The molecule has 3 nitrogen and oxygen atoms in total. The quantitative estimate of drug-likeness (QED) is 0.584. The molecule has 1 unspecified atom stereocenters. The lowest BCUT2D eigenvalue weighted by Crippen LogP contribution is -2.38. The maximum Gasteiger partial charge on any atom is 0.191 e. The number of benzene rings is 1. The van der Waals surface area contributed by atoms with E-state index in [1.807, 2.05) is 0 Å². The number of rotatable bonds is 7. The van der Waals surface area contributed by atoms with Crippen LogP contribution in [0.5, 0.6) is 0 Å². The first-order valence-electron chi connectivity index (χ1n) is 7.35. The number of hydrogen-bond donors (Lipinski definition) is 2. The van der Waals surface area contributed by atoms with Gasteiger partial charge >= 0.3 is 0 Å². The van der Waals surface area contributed by atoms with Crippen LogP contribution in [-0.4, -0.2) is 25.6 Å². The predicted molar refractivity (Wildman–Crippen MR) is 83.7 cm³/mol. The average molecular weight is 261 g/mol. The summed E-state index contributed by atoms with van der Waals surface area (Å²) in [6.07, 6.45) is 2.19. The summed E-state index contributed by atoms with van der Waals surface area (Å²) in [6, 6.07) is 10.7. The van der Waals surface area contributed by atoms with Crippen LogP contribution in [0.2, 0.25) is 0 Å². The summed E-state index contributed by atoms with van der Waals surface area (Å²) in [7, 11) is 0. The molecule has 0 radical (unpaired) electrons. The van der Waals surface area contributed by atoms with Crippen molar-refractivity contribution >= 4 is 5.96 Å². The van der Waals surface area contributed by atoms with Crippen LogP contribution in [0.1, 0.15) is 45.1 Å². The van der Waals surface area contributed by atoms with Crippen LogP contribution in [0.3, 0.4) is 0 Å². The molecular formula is C16H27N3. The van der Waals surface area contributed by atoms with Gasteiger partial charge in [-0.1, -0.05) is 44.2 Å². The predicted octanol–water partition coefficient (Wildman–Crippen LogP) is 3.15. The zero-order chi connectivity index (χ0) is 13.9. The summed E-state index contributed by atoms with van der Waals surface area (Å²) in [5.41, 5.74) is 1.40. The molecule has 0 saturated carbocycles. The van der Waals surface area contributed by atoms with Gasteiger partial charge in [0, 0.05) is 19.6 Å². The molecule has 1 rings (SSSR count). The van der Waals surface area contributed by atoms with E-state index in [0.29, 0.717) is 5.92 Å². The minimum Gasteiger partial charge on any atom is -0.357 e. The Labute approximate surface area is 117 Å². The topological polar surface area (TPSA) is 36.4 Å². The first-order valence-corrected chi connectivity index (χ1v) is 7.35. The third-order valence-electron chi connectivity index (χ3n) is 3.08. The van der Waals surface area contributed by atoms with Gasteiger partial charge in [-0.3, -0.25) is 4.99 Å². The molecule has 0 saturated heterocycles. The molecule has 0 fully saturated rings. The van der Waals surface area contributed by atoms with Crippen molar-refractivity contribution in [2.45, 2.75) is 39.5 Å². The molecule has 0 amide bonds. The summed E-state index contributed by atoms with van der Waals surface area (Å²) in [5, 5.41) is 6.66. The second-order valence-electron chi connectivity index (χ2n) is 4.79. The molecule has 3 heteroatoms. The van der Waals surface area contributed by atoms with Gasteiger partial charge in [0.15, 0.2) is 5.96 Å². The number of nitrogens with one attached hydrogen (secondary N) is 2. The van der Waals surface area contributed by atoms with Crippen LogP contribution in [0.4, 0.5) is 0 Å². The van der Waals surface area contributed by atoms with Gasteiger partial charge in [0.2, 0.25) is 0 Å². The van der Waals surface area contributed by atoms with Crippen LogP contribution in [-0.2, 0) is 0 Å². The molecular weight excluding hydrogens is 234 g/mol. The maximum atomic E-state index is 4.50. The summed E-state index contributed by atoms with van der Waals surface area (Å²) >= 11 is 0. The average Bonchev–Trinajstić information content (AvgIpc) is 2.45. The van der Waals surface area contributed by atoms with E-state index in [9.17, 15) is 0 Å². The molecule has 0 aliphatic rings. The van der Waals surface area contributed by atoms with Gasteiger partial charge in [-0.25, -0.2) is 0 Å². The maximum absolute atomic E-state index is 4.50. The highest BCUT2D eigenvalue weighted by Crippen LogP contribution is 2.17. The highest BCUT2D eigenvalue weighted by molar-refractivity contribution is 5.79. The Kier molecular flexibility index (Phi) is 7.71. The molecule has 2 N–H and O–H groups in total. The van der Waals surface area contributed by atoms with Crippen LogP contribution in [0.25, 0.3) is 0 Å². The van der Waals surface area contributed by atoms with E-state index >= 15 is 0 Å². The molecule has 106 valence electrons. The smallest absolute Gasteiger partial charge is 0.191 e. The fourth-order valence-corrected chi connectivity index (χ4v) is 1.92. The summed E-state index contributed by atoms with van der Waals surface area (Å²) in [5.74, 6) is 1.51. The molecule has 0 aliphatic carbocycles. The van der Waals surface area contributed by atoms with Gasteiger partial charge in [0.1, 0.15) is 0 Å². The van der Waals surface area contributed by atoms with E-state index in [-0.39, 0.29) is 0 Å². The fourth-order valence-electron chi connectivity index (χ4n) is 1.92. The standard InChI is InChI=1S/C16H27N3/c1-4-12-18-16(17-5-2)19-13-11-14(3)15-9-7-6-8-10-15/h6-10,14H,4-5,11-13H2,1-3H3,(H2,17,18,19). The SMILES string of the molecule is CCCN=C(NCC)NCCC(C)c1ccccc1. The lowest BCUT2D eigenvalue weighted by Gasteiger charge is -2.15. The minimum absolute atomic E-state index is 0.572. The van der Waals surface area contributed by atoms with E-state index in [1.165, 1.54) is 5.56 Å². The van der Waals surface area contributed by atoms with Crippen LogP contribution in [0, 0.1) is 0 Å². The van der Waals surface area contributed by atoms with Crippen LogP contribution >= 0.6 is 0 Å². The van der Waals surface area contributed by atoms with Crippen molar-refractivity contribution in [2.75, 3.05) is 19.6 Å². The normalized spacial score (nSPS) is 13.1. The lowest BCUT2D eigenvalue weighted by atomic mass is 9.98. The highest BCUT2D eigenvalue weighted by atomic mass is 15.2. The van der Waals surface area contributed by atoms with Crippen molar-refractivity contribution in [1.82, 2.24) is 10.6 Å². The number of guanidine groups is 1. The molecule has 0 heterocycles. The second kappa shape index (κ2) is 9.42.